The third-order valence-corrected chi connectivity index (χ3v) is 12.8. The smallest absolute Gasteiger partial charge is 0.394 e. The van der Waals surface area contributed by atoms with E-state index in [1.54, 1.807) is 6.08 Å². The highest BCUT2D eigenvalue weighted by molar-refractivity contribution is 7.80. The molecule has 1 aliphatic rings. The average molecular weight is 934 g/mol. The van der Waals surface area contributed by atoms with Crippen LogP contribution in [0.4, 0.5) is 0 Å². The molecule has 1 rings (SSSR count). The number of hydrogen-bond donors (Lipinski definition) is 7. The van der Waals surface area contributed by atoms with Gasteiger partial charge in [-0.3, -0.25) is 9.35 Å². The summed E-state index contributed by atoms with van der Waals surface area (Å²) in [4.78, 5) is 13.1. The molecule has 13 nitrogen and oxygen atoms in total. The summed E-state index contributed by atoms with van der Waals surface area (Å²) in [6.07, 6.45) is 35.3. The molecule has 378 valence electrons. The second-order valence-corrected chi connectivity index (χ2v) is 19.3. The molecule has 0 aromatic carbocycles. The number of aliphatic hydroxyl groups excluding tert-OH is 5. The van der Waals surface area contributed by atoms with Gasteiger partial charge in [-0.05, 0) is 44.9 Å². The first-order chi connectivity index (χ1) is 30.9. The van der Waals surface area contributed by atoms with Crippen LogP contribution in [-0.4, -0.2) is 107 Å². The third kappa shape index (κ3) is 32.3. The molecule has 0 bridgehead atoms. The number of unbranched alkanes of at least 4 members (excludes halogenated alkanes) is 29. The molecule has 1 heterocycles. The molecule has 0 aromatic rings. The number of hydrogen-bond acceptors (Lipinski definition) is 11. The molecule has 8 unspecified atom stereocenters. The largest absolute Gasteiger partial charge is 0.397 e. The van der Waals surface area contributed by atoms with Crippen molar-refractivity contribution in [3.8, 4) is 0 Å². The predicted octanol–water partition coefficient (Wildman–Crippen LogP) is 9.86. The highest BCUT2D eigenvalue weighted by Gasteiger charge is 2.48. The van der Waals surface area contributed by atoms with Crippen LogP contribution < -0.4 is 5.32 Å². The van der Waals surface area contributed by atoms with Crippen molar-refractivity contribution >= 4 is 16.3 Å². The summed E-state index contributed by atoms with van der Waals surface area (Å²) in [5.74, 6) is -0.705. The minimum Gasteiger partial charge on any atom is -0.394 e. The average Bonchev–Trinajstić information content (AvgIpc) is 3.27. The van der Waals surface area contributed by atoms with E-state index in [0.717, 1.165) is 64.2 Å². The minimum absolute atomic E-state index is 0.237. The topological polar surface area (TPSA) is 212 Å². The van der Waals surface area contributed by atoms with Crippen LogP contribution in [0.25, 0.3) is 0 Å². The van der Waals surface area contributed by atoms with E-state index in [2.05, 4.69) is 35.5 Å². The zero-order valence-corrected chi connectivity index (χ0v) is 41.0. The molecular weight excluding hydrogens is 839 g/mol. The molecule has 1 aliphatic heterocycles. The predicted molar refractivity (Wildman–Crippen MR) is 256 cm³/mol. The molecule has 0 aromatic heterocycles. The lowest BCUT2D eigenvalue weighted by Gasteiger charge is -2.41. The SMILES string of the molecule is CCCCCCCC/C=C\CCCCCCCCC(O)C(=O)NC(COC1OC(CO)C(O)C(OS(=O)(=O)O)C1O)C(O)/C=C/CCCCCCCCCCCCCCCCCCC. The Morgan fingerprint density at radius 1 is 0.625 bits per heavy atom. The quantitative estimate of drug-likeness (QED) is 0.0173. The van der Waals surface area contributed by atoms with Crippen molar-refractivity contribution in [1.82, 2.24) is 5.32 Å². The lowest BCUT2D eigenvalue weighted by molar-refractivity contribution is -0.298. The molecule has 7 N–H and O–H groups in total. The van der Waals surface area contributed by atoms with Gasteiger partial charge in [0.2, 0.25) is 5.91 Å². The van der Waals surface area contributed by atoms with Crippen molar-refractivity contribution in [2.24, 2.45) is 0 Å². The van der Waals surface area contributed by atoms with Crippen LogP contribution in [0.3, 0.4) is 0 Å². The molecule has 1 fully saturated rings. The van der Waals surface area contributed by atoms with Gasteiger partial charge in [-0.1, -0.05) is 205 Å². The van der Waals surface area contributed by atoms with Gasteiger partial charge in [0.25, 0.3) is 0 Å². The molecule has 0 saturated carbocycles. The fraction of sp³-hybridized carbons (Fsp3) is 0.900. The molecule has 1 saturated heterocycles. The van der Waals surface area contributed by atoms with Crippen molar-refractivity contribution in [2.45, 2.75) is 275 Å². The van der Waals surface area contributed by atoms with Crippen LogP contribution in [0.2, 0.25) is 0 Å². The van der Waals surface area contributed by atoms with Gasteiger partial charge in [-0.15, -0.1) is 0 Å². The summed E-state index contributed by atoms with van der Waals surface area (Å²) in [5.41, 5.74) is 0. The molecule has 0 radical (unpaired) electrons. The van der Waals surface area contributed by atoms with E-state index >= 15 is 0 Å². The van der Waals surface area contributed by atoms with Crippen LogP contribution in [0.1, 0.15) is 226 Å². The zero-order valence-electron chi connectivity index (χ0n) is 40.2. The van der Waals surface area contributed by atoms with Crippen LogP contribution in [0.5, 0.6) is 0 Å². The van der Waals surface area contributed by atoms with E-state index in [1.165, 1.54) is 128 Å². The standard InChI is InChI=1S/C50H95NO12S/c1-3-5-7-9-11-13-15-17-19-21-22-23-25-26-28-30-32-34-36-38-43(53)42(41-61-50-47(56)48(63-64(58,59)60)46(55)45(40-52)62-50)51-49(57)44(54)39-37-35-33-31-29-27-24-20-18-16-14-12-10-8-6-4-2/h18,20,36,38,42-48,50,52-56H,3-17,19,21-35,37,39-41H2,1-2H3,(H,51,57)(H,58,59,60)/b20-18-,38-36+. The van der Waals surface area contributed by atoms with Gasteiger partial charge in [-0.25, -0.2) is 4.18 Å². The summed E-state index contributed by atoms with van der Waals surface area (Å²) in [5, 5.41) is 55.4. The Bertz CT molecular complexity index is 1250. The number of carbonyl (C=O) groups excluding carboxylic acids is 1. The summed E-state index contributed by atoms with van der Waals surface area (Å²) < 4.78 is 47.6. The first kappa shape index (κ1) is 60.6. The Morgan fingerprint density at radius 3 is 1.45 bits per heavy atom. The van der Waals surface area contributed by atoms with E-state index in [0.29, 0.717) is 12.8 Å². The minimum atomic E-state index is -5.12. The third-order valence-electron chi connectivity index (χ3n) is 12.3. The van der Waals surface area contributed by atoms with E-state index in [4.69, 9.17) is 9.47 Å². The Morgan fingerprint density at radius 2 is 1.03 bits per heavy atom. The molecule has 1 amide bonds. The van der Waals surface area contributed by atoms with Gasteiger partial charge in [0, 0.05) is 0 Å². The van der Waals surface area contributed by atoms with Crippen molar-refractivity contribution in [3.05, 3.63) is 24.3 Å². The lowest BCUT2D eigenvalue weighted by Crippen LogP contribution is -2.61. The Balaban J connectivity index is 2.53. The van der Waals surface area contributed by atoms with Gasteiger partial charge in [0.1, 0.15) is 30.5 Å². The number of ether oxygens (including phenoxy) is 2. The second-order valence-electron chi connectivity index (χ2n) is 18.3. The van der Waals surface area contributed by atoms with E-state index in [9.17, 15) is 43.3 Å². The number of nitrogens with one attached hydrogen (secondary N) is 1. The molecule has 8 atom stereocenters. The van der Waals surface area contributed by atoms with E-state index in [-0.39, 0.29) is 6.42 Å². The number of allylic oxidation sites excluding steroid dienone is 3. The van der Waals surface area contributed by atoms with Crippen molar-refractivity contribution < 1.29 is 57.0 Å². The van der Waals surface area contributed by atoms with Gasteiger partial charge < -0.3 is 40.3 Å². The Kier molecular flexibility index (Phi) is 38.4. The molecule has 64 heavy (non-hydrogen) atoms. The summed E-state index contributed by atoms with van der Waals surface area (Å²) in [6.45, 7) is 3.23. The number of rotatable bonds is 44. The second kappa shape index (κ2) is 40.6. The van der Waals surface area contributed by atoms with Crippen molar-refractivity contribution in [2.75, 3.05) is 13.2 Å². The fourth-order valence-corrected chi connectivity index (χ4v) is 8.73. The maximum atomic E-state index is 13.1. The van der Waals surface area contributed by atoms with Gasteiger partial charge in [0.05, 0.1) is 25.4 Å². The summed E-state index contributed by atoms with van der Waals surface area (Å²) in [6, 6.07) is -1.12. The van der Waals surface area contributed by atoms with Crippen molar-refractivity contribution in [3.63, 3.8) is 0 Å². The summed E-state index contributed by atoms with van der Waals surface area (Å²) in [7, 11) is -5.12. The van der Waals surface area contributed by atoms with Crippen LogP contribution in [0.15, 0.2) is 24.3 Å². The number of carbonyl (C=O) groups is 1. The van der Waals surface area contributed by atoms with E-state index < -0.39 is 78.5 Å². The zero-order chi connectivity index (χ0) is 47.1. The monoisotopic (exact) mass is 934 g/mol. The van der Waals surface area contributed by atoms with Gasteiger partial charge in [-0.2, -0.15) is 8.42 Å². The number of aliphatic hydroxyl groups is 5. The highest BCUT2D eigenvalue weighted by Crippen LogP contribution is 2.26. The van der Waals surface area contributed by atoms with Gasteiger partial charge in [0.15, 0.2) is 6.29 Å². The van der Waals surface area contributed by atoms with Gasteiger partial charge >= 0.3 is 10.4 Å². The Hall–Kier alpha value is -1.46. The highest BCUT2D eigenvalue weighted by atomic mass is 32.3. The lowest BCUT2D eigenvalue weighted by atomic mass is 9.99. The fourth-order valence-electron chi connectivity index (χ4n) is 8.22. The first-order valence-corrected chi connectivity index (χ1v) is 27.2. The molecular formula is C50H95NO12S. The van der Waals surface area contributed by atoms with E-state index in [1.807, 2.05) is 6.08 Å². The van der Waals surface area contributed by atoms with Crippen LogP contribution >= 0.6 is 0 Å². The first-order valence-electron chi connectivity index (χ1n) is 25.8. The van der Waals surface area contributed by atoms with Crippen LogP contribution in [0, 0.1) is 0 Å². The number of amides is 1. The van der Waals surface area contributed by atoms with Crippen LogP contribution in [-0.2, 0) is 28.9 Å². The maximum absolute atomic E-state index is 13.1. The normalized spacial score (nSPS) is 20.9. The van der Waals surface area contributed by atoms with Crippen molar-refractivity contribution in [1.29, 1.82) is 0 Å². The summed E-state index contributed by atoms with van der Waals surface area (Å²) >= 11 is 0. The molecule has 0 spiro atoms. The Labute approximate surface area is 389 Å². The molecule has 0 aliphatic carbocycles. The molecule has 14 heteroatoms. The maximum Gasteiger partial charge on any atom is 0.397 e.